The Balaban J connectivity index is 1.52. The van der Waals surface area contributed by atoms with Gasteiger partial charge in [-0.3, -0.25) is 4.79 Å². The molecule has 1 aromatic carbocycles. The van der Waals surface area contributed by atoms with E-state index < -0.39 is 23.7 Å². The molecule has 0 radical (unpaired) electrons. The predicted octanol–water partition coefficient (Wildman–Crippen LogP) is 4.56. The van der Waals surface area contributed by atoms with E-state index >= 15 is 0 Å². The maximum Gasteiger partial charge on any atom is 0.326 e. The number of carboxylic acid groups (broad SMARTS) is 1. The summed E-state index contributed by atoms with van der Waals surface area (Å²) in [6, 6.07) is 6.55. The van der Waals surface area contributed by atoms with Crippen molar-refractivity contribution in [2.24, 2.45) is 0 Å². The Bertz CT molecular complexity index is 1080. The molecule has 38 heavy (non-hydrogen) atoms. The van der Waals surface area contributed by atoms with Crippen LogP contribution in [-0.4, -0.2) is 71.8 Å². The minimum absolute atomic E-state index is 0.0347. The standard InChI is InChI=1S/C28H38ClFN4O4/c1-19(2)38-17-16-34(14-4-3-7-22-10-8-20-6-5-13-31-26(20)32-22)15-12-25(28(36)37)33-27(35)23-11-9-21(30)18-24(23)29/h8-11,18-19,25H,3-7,12-17H2,1-2H3,(H,31,32)(H,33,35)(H,36,37). The van der Waals surface area contributed by atoms with Gasteiger partial charge in [-0.15, -0.1) is 0 Å². The fourth-order valence-electron chi connectivity index (χ4n) is 4.38. The third kappa shape index (κ3) is 9.53. The van der Waals surface area contributed by atoms with E-state index in [-0.39, 0.29) is 23.1 Å². The van der Waals surface area contributed by atoms with Gasteiger partial charge in [0, 0.05) is 25.3 Å². The van der Waals surface area contributed by atoms with Crippen molar-refractivity contribution >= 4 is 29.3 Å². The van der Waals surface area contributed by atoms with Crippen molar-refractivity contribution in [3.05, 3.63) is 58.0 Å². The maximum atomic E-state index is 13.3. The lowest BCUT2D eigenvalue weighted by molar-refractivity contribution is -0.139. The van der Waals surface area contributed by atoms with E-state index in [1.165, 1.54) is 11.6 Å². The first-order chi connectivity index (χ1) is 18.2. The summed E-state index contributed by atoms with van der Waals surface area (Å²) in [4.78, 5) is 31.4. The quantitative estimate of drug-likeness (QED) is 0.280. The number of ether oxygens (including phenoxy) is 1. The lowest BCUT2D eigenvalue weighted by atomic mass is 10.1. The van der Waals surface area contributed by atoms with E-state index in [9.17, 15) is 19.1 Å². The number of aliphatic carboxylic acids is 1. The highest BCUT2D eigenvalue weighted by atomic mass is 35.5. The van der Waals surface area contributed by atoms with Crippen molar-refractivity contribution < 1.29 is 23.8 Å². The van der Waals surface area contributed by atoms with E-state index in [1.807, 2.05) is 13.8 Å². The van der Waals surface area contributed by atoms with Gasteiger partial charge in [-0.05, 0) is 88.7 Å². The fraction of sp³-hybridized carbons (Fsp3) is 0.536. The van der Waals surface area contributed by atoms with Crippen LogP contribution >= 0.6 is 11.6 Å². The van der Waals surface area contributed by atoms with E-state index in [1.54, 1.807) is 0 Å². The van der Waals surface area contributed by atoms with Gasteiger partial charge in [0.05, 0.1) is 23.3 Å². The van der Waals surface area contributed by atoms with Crippen LogP contribution in [0.4, 0.5) is 10.2 Å². The SMILES string of the molecule is CC(C)OCCN(CCCCc1ccc2c(n1)NCCC2)CCC(NC(=O)c1ccc(F)cc1Cl)C(=O)O. The molecule has 0 saturated carbocycles. The molecule has 2 aromatic rings. The number of benzene rings is 1. The molecule has 1 atom stereocenters. The first kappa shape index (κ1) is 29.8. The number of fused-ring (bicyclic) bond motifs is 1. The van der Waals surface area contributed by atoms with Crippen LogP contribution in [0.25, 0.3) is 0 Å². The van der Waals surface area contributed by atoms with Crippen LogP contribution in [0.15, 0.2) is 30.3 Å². The molecule has 1 aromatic heterocycles. The summed E-state index contributed by atoms with van der Waals surface area (Å²) < 4.78 is 19.0. The zero-order valence-corrected chi connectivity index (χ0v) is 22.9. The number of unbranched alkanes of at least 4 members (excludes halogenated alkanes) is 1. The molecule has 1 aliphatic rings. The van der Waals surface area contributed by atoms with Gasteiger partial charge in [-0.1, -0.05) is 17.7 Å². The maximum absolute atomic E-state index is 13.3. The van der Waals surface area contributed by atoms with Crippen molar-refractivity contribution in [3.8, 4) is 0 Å². The average molecular weight is 549 g/mol. The lowest BCUT2D eigenvalue weighted by Gasteiger charge is -2.25. The number of hydrogen-bond acceptors (Lipinski definition) is 6. The molecule has 0 fully saturated rings. The Hall–Kier alpha value is -2.75. The normalized spacial score (nSPS) is 13.7. The van der Waals surface area contributed by atoms with E-state index in [0.29, 0.717) is 19.7 Å². The summed E-state index contributed by atoms with van der Waals surface area (Å²) in [7, 11) is 0. The molecule has 0 aliphatic carbocycles. The Morgan fingerprint density at radius 1 is 1.21 bits per heavy atom. The second-order valence-electron chi connectivity index (χ2n) is 9.84. The summed E-state index contributed by atoms with van der Waals surface area (Å²) >= 11 is 5.97. The number of amides is 1. The van der Waals surface area contributed by atoms with Gasteiger partial charge in [-0.2, -0.15) is 0 Å². The number of nitrogens with zero attached hydrogens (tertiary/aromatic N) is 2. The van der Waals surface area contributed by atoms with Gasteiger partial charge >= 0.3 is 5.97 Å². The summed E-state index contributed by atoms with van der Waals surface area (Å²) in [5, 5.41) is 15.5. The number of carbonyl (C=O) groups is 2. The average Bonchev–Trinajstić information content (AvgIpc) is 2.87. The molecule has 2 heterocycles. The summed E-state index contributed by atoms with van der Waals surface area (Å²) in [5.74, 6) is -1.35. The minimum Gasteiger partial charge on any atom is -0.480 e. The van der Waals surface area contributed by atoms with Crippen molar-refractivity contribution in [2.45, 2.75) is 64.5 Å². The first-order valence-electron chi connectivity index (χ1n) is 13.3. The van der Waals surface area contributed by atoms with E-state index in [0.717, 1.165) is 68.8 Å². The number of anilines is 1. The zero-order chi connectivity index (χ0) is 27.5. The highest BCUT2D eigenvalue weighted by Crippen LogP contribution is 2.20. The van der Waals surface area contributed by atoms with Crippen molar-refractivity contribution in [1.29, 1.82) is 0 Å². The fourth-order valence-corrected chi connectivity index (χ4v) is 4.63. The molecule has 0 bridgehead atoms. The van der Waals surface area contributed by atoms with Crippen molar-refractivity contribution in [3.63, 3.8) is 0 Å². The number of carbonyl (C=O) groups excluding carboxylic acids is 1. The highest BCUT2D eigenvalue weighted by Gasteiger charge is 2.23. The third-order valence-corrected chi connectivity index (χ3v) is 6.79. The lowest BCUT2D eigenvalue weighted by Crippen LogP contribution is -2.43. The first-order valence-corrected chi connectivity index (χ1v) is 13.7. The molecule has 0 saturated heterocycles. The van der Waals surface area contributed by atoms with Gasteiger partial charge < -0.3 is 25.4 Å². The van der Waals surface area contributed by atoms with Crippen LogP contribution in [-0.2, 0) is 22.4 Å². The molecule has 3 N–H and O–H groups in total. The number of aryl methyl sites for hydroxylation is 2. The number of halogens is 2. The van der Waals surface area contributed by atoms with Crippen LogP contribution in [0.1, 0.15) is 61.1 Å². The Morgan fingerprint density at radius 3 is 2.76 bits per heavy atom. The smallest absolute Gasteiger partial charge is 0.326 e. The molecule has 1 aliphatic heterocycles. The Labute approximate surface area is 228 Å². The Kier molecular flexibility index (Phi) is 11.8. The van der Waals surface area contributed by atoms with Crippen LogP contribution in [0.3, 0.4) is 0 Å². The van der Waals surface area contributed by atoms with E-state index in [2.05, 4.69) is 27.7 Å². The van der Waals surface area contributed by atoms with Crippen LogP contribution < -0.4 is 10.6 Å². The molecule has 1 unspecified atom stereocenters. The molecular formula is C28H38ClFN4O4. The summed E-state index contributed by atoms with van der Waals surface area (Å²) in [6.07, 6.45) is 5.26. The molecule has 8 nitrogen and oxygen atoms in total. The molecule has 208 valence electrons. The van der Waals surface area contributed by atoms with E-state index in [4.69, 9.17) is 21.3 Å². The molecule has 3 rings (SSSR count). The number of aromatic nitrogens is 1. The molecule has 1 amide bonds. The zero-order valence-electron chi connectivity index (χ0n) is 22.1. The monoisotopic (exact) mass is 548 g/mol. The summed E-state index contributed by atoms with van der Waals surface area (Å²) in [6.45, 7) is 7.34. The van der Waals surface area contributed by atoms with Crippen LogP contribution in [0.2, 0.25) is 5.02 Å². The number of rotatable bonds is 15. The minimum atomic E-state index is -1.14. The largest absolute Gasteiger partial charge is 0.480 e. The molecule has 10 heteroatoms. The second kappa shape index (κ2) is 15.0. The van der Waals surface area contributed by atoms with Gasteiger partial charge in [0.25, 0.3) is 5.91 Å². The number of carboxylic acids is 1. The van der Waals surface area contributed by atoms with Gasteiger partial charge in [0.1, 0.15) is 17.7 Å². The topological polar surface area (TPSA) is 104 Å². The highest BCUT2D eigenvalue weighted by molar-refractivity contribution is 6.33. The van der Waals surface area contributed by atoms with Crippen molar-refractivity contribution in [2.75, 3.05) is 38.1 Å². The number of nitrogens with one attached hydrogen (secondary N) is 2. The third-order valence-electron chi connectivity index (χ3n) is 6.48. The van der Waals surface area contributed by atoms with Gasteiger partial charge in [-0.25, -0.2) is 14.2 Å². The summed E-state index contributed by atoms with van der Waals surface area (Å²) in [5.41, 5.74) is 2.38. The van der Waals surface area contributed by atoms with Gasteiger partial charge in [0.15, 0.2) is 0 Å². The van der Waals surface area contributed by atoms with Crippen molar-refractivity contribution in [1.82, 2.24) is 15.2 Å². The number of hydrogen-bond donors (Lipinski definition) is 3. The Morgan fingerprint density at radius 2 is 2.03 bits per heavy atom. The predicted molar refractivity (Wildman–Crippen MR) is 146 cm³/mol. The molecule has 0 spiro atoms. The number of pyridine rings is 1. The van der Waals surface area contributed by atoms with Crippen LogP contribution in [0, 0.1) is 5.82 Å². The van der Waals surface area contributed by atoms with Gasteiger partial charge in [0.2, 0.25) is 0 Å². The van der Waals surface area contributed by atoms with Crippen LogP contribution in [0.5, 0.6) is 0 Å². The molecular weight excluding hydrogens is 511 g/mol. The second-order valence-corrected chi connectivity index (χ2v) is 10.2.